The molecule has 0 aromatic heterocycles. The lowest BCUT2D eigenvalue weighted by molar-refractivity contribution is 0.412. The van der Waals surface area contributed by atoms with Crippen LogP contribution in [-0.4, -0.2) is 0 Å². The minimum absolute atomic E-state index is 0.414. The van der Waals surface area contributed by atoms with Gasteiger partial charge in [0.1, 0.15) is 0 Å². The molecule has 0 saturated heterocycles. The average Bonchev–Trinajstić information content (AvgIpc) is 2.49. The van der Waals surface area contributed by atoms with Crippen molar-refractivity contribution in [3.8, 4) is 0 Å². The Bertz CT molecular complexity index is 509. The normalized spacial score (nSPS) is 14.5. The molecule has 1 aromatic carbocycles. The molecule has 1 aliphatic rings. The molecule has 0 amide bonds. The van der Waals surface area contributed by atoms with E-state index < -0.39 is 0 Å². The van der Waals surface area contributed by atoms with E-state index in [0.717, 1.165) is 0 Å². The van der Waals surface area contributed by atoms with Crippen LogP contribution in [0.2, 0.25) is 0 Å². The molecule has 0 bridgehead atoms. The van der Waals surface area contributed by atoms with E-state index in [2.05, 4.69) is 77.6 Å². The predicted octanol–water partition coefficient (Wildman–Crippen LogP) is 6.73. The topological polar surface area (TPSA) is 0 Å². The standard InChI is InChI=1S/C12H20.C9H10/c1-5-12(3,4)11-8-6-10(2)7-9-11;1-3-9-6-4-8(2)5-7-9/h6,8H,5,7,9H2,1-4H3;3-7H,1H2,2H3. The first kappa shape index (κ1) is 17.5. The van der Waals surface area contributed by atoms with Crippen LogP contribution in [0.4, 0.5) is 0 Å². The van der Waals surface area contributed by atoms with Gasteiger partial charge in [-0.1, -0.05) is 86.6 Å². The number of rotatable bonds is 3. The van der Waals surface area contributed by atoms with E-state index in [1.165, 1.54) is 36.0 Å². The summed E-state index contributed by atoms with van der Waals surface area (Å²) in [6.07, 6.45) is 10.2. The first-order chi connectivity index (χ1) is 9.89. The van der Waals surface area contributed by atoms with Crippen LogP contribution in [0.25, 0.3) is 6.08 Å². The second-order valence-electron chi connectivity index (χ2n) is 6.56. The van der Waals surface area contributed by atoms with Crippen molar-refractivity contribution in [2.24, 2.45) is 5.41 Å². The lowest BCUT2D eigenvalue weighted by atomic mass is 9.77. The van der Waals surface area contributed by atoms with Gasteiger partial charge in [-0.2, -0.15) is 0 Å². The smallest absolute Gasteiger partial charge is 0.0144 e. The number of allylic oxidation sites excluding steroid dienone is 4. The van der Waals surface area contributed by atoms with Crippen LogP contribution in [-0.2, 0) is 0 Å². The van der Waals surface area contributed by atoms with Crippen molar-refractivity contribution in [2.45, 2.75) is 53.9 Å². The van der Waals surface area contributed by atoms with Gasteiger partial charge in [0.05, 0.1) is 0 Å². The highest BCUT2D eigenvalue weighted by atomic mass is 14.3. The number of hydrogen-bond acceptors (Lipinski definition) is 0. The van der Waals surface area contributed by atoms with Gasteiger partial charge in [-0.15, -0.1) is 0 Å². The van der Waals surface area contributed by atoms with Gasteiger partial charge in [0.15, 0.2) is 0 Å². The van der Waals surface area contributed by atoms with Gasteiger partial charge in [-0.3, -0.25) is 0 Å². The molecule has 0 saturated carbocycles. The van der Waals surface area contributed by atoms with Crippen LogP contribution < -0.4 is 0 Å². The van der Waals surface area contributed by atoms with Crippen molar-refractivity contribution >= 4 is 6.08 Å². The maximum Gasteiger partial charge on any atom is -0.0144 e. The quantitative estimate of drug-likeness (QED) is 0.576. The van der Waals surface area contributed by atoms with Crippen molar-refractivity contribution in [2.75, 3.05) is 0 Å². The molecular weight excluding hydrogens is 252 g/mol. The Labute approximate surface area is 131 Å². The van der Waals surface area contributed by atoms with Gasteiger partial charge in [0, 0.05) is 0 Å². The zero-order valence-electron chi connectivity index (χ0n) is 14.4. The molecule has 1 aliphatic carbocycles. The second-order valence-corrected chi connectivity index (χ2v) is 6.56. The van der Waals surface area contributed by atoms with E-state index >= 15 is 0 Å². The van der Waals surface area contributed by atoms with Gasteiger partial charge >= 0.3 is 0 Å². The highest BCUT2D eigenvalue weighted by Crippen LogP contribution is 2.35. The van der Waals surface area contributed by atoms with E-state index in [9.17, 15) is 0 Å². The Kier molecular flexibility index (Phi) is 6.68. The molecule has 114 valence electrons. The molecule has 0 heterocycles. The summed E-state index contributed by atoms with van der Waals surface area (Å²) < 4.78 is 0. The lowest BCUT2D eigenvalue weighted by Gasteiger charge is -2.28. The average molecular weight is 282 g/mol. The maximum absolute atomic E-state index is 3.66. The minimum Gasteiger partial charge on any atom is -0.0985 e. The van der Waals surface area contributed by atoms with Crippen LogP contribution in [0, 0.1) is 12.3 Å². The molecule has 0 unspecified atom stereocenters. The van der Waals surface area contributed by atoms with Gasteiger partial charge in [-0.25, -0.2) is 0 Å². The third kappa shape index (κ3) is 5.75. The number of hydrogen-bond donors (Lipinski definition) is 0. The Balaban J connectivity index is 0.000000219. The fourth-order valence-corrected chi connectivity index (χ4v) is 2.23. The molecule has 2 rings (SSSR count). The summed E-state index contributed by atoms with van der Waals surface area (Å²) in [5.74, 6) is 0. The number of benzene rings is 1. The fourth-order valence-electron chi connectivity index (χ4n) is 2.23. The van der Waals surface area contributed by atoms with E-state index in [4.69, 9.17) is 0 Å². The van der Waals surface area contributed by atoms with Gasteiger partial charge in [-0.05, 0) is 44.1 Å². The molecule has 1 aromatic rings. The molecule has 0 atom stereocenters. The van der Waals surface area contributed by atoms with Crippen molar-refractivity contribution in [3.05, 3.63) is 65.3 Å². The molecule has 0 aliphatic heterocycles. The fraction of sp³-hybridized carbons (Fsp3) is 0.429. The second kappa shape index (κ2) is 8.02. The van der Waals surface area contributed by atoms with Crippen LogP contribution in [0.1, 0.15) is 58.1 Å². The Hall–Kier alpha value is -1.56. The van der Waals surface area contributed by atoms with Crippen molar-refractivity contribution in [1.82, 2.24) is 0 Å². The van der Waals surface area contributed by atoms with Crippen LogP contribution >= 0.6 is 0 Å². The summed E-state index contributed by atoms with van der Waals surface area (Å²) in [7, 11) is 0. The van der Waals surface area contributed by atoms with Crippen molar-refractivity contribution < 1.29 is 0 Å². The largest absolute Gasteiger partial charge is 0.0985 e. The zero-order valence-corrected chi connectivity index (χ0v) is 14.4. The van der Waals surface area contributed by atoms with E-state index in [0.29, 0.717) is 5.41 Å². The first-order valence-corrected chi connectivity index (χ1v) is 7.95. The summed E-state index contributed by atoms with van der Waals surface area (Å²) in [4.78, 5) is 0. The molecule has 0 spiro atoms. The highest BCUT2D eigenvalue weighted by Gasteiger charge is 2.21. The van der Waals surface area contributed by atoms with Crippen molar-refractivity contribution in [3.63, 3.8) is 0 Å². The minimum atomic E-state index is 0.414. The summed E-state index contributed by atoms with van der Waals surface area (Å²) in [6.45, 7) is 14.9. The molecule has 0 radical (unpaired) electrons. The summed E-state index contributed by atoms with van der Waals surface area (Å²) >= 11 is 0. The van der Waals surface area contributed by atoms with Gasteiger partial charge < -0.3 is 0 Å². The van der Waals surface area contributed by atoms with Gasteiger partial charge in [0.25, 0.3) is 0 Å². The number of aryl methyl sites for hydroxylation is 1. The summed E-state index contributed by atoms with van der Waals surface area (Å²) in [5.41, 5.74) is 6.03. The van der Waals surface area contributed by atoms with Crippen LogP contribution in [0.5, 0.6) is 0 Å². The zero-order chi connectivity index (χ0) is 15.9. The predicted molar refractivity (Wildman–Crippen MR) is 96.4 cm³/mol. The summed E-state index contributed by atoms with van der Waals surface area (Å²) in [6, 6.07) is 8.28. The Morgan fingerprint density at radius 3 is 2.10 bits per heavy atom. The lowest BCUT2D eigenvalue weighted by Crippen LogP contribution is -2.14. The molecular formula is C21H30. The monoisotopic (exact) mass is 282 g/mol. The third-order valence-electron chi connectivity index (χ3n) is 4.42. The van der Waals surface area contributed by atoms with E-state index in [1.807, 2.05) is 6.08 Å². The maximum atomic E-state index is 3.66. The molecule has 0 fully saturated rings. The molecule has 0 N–H and O–H groups in total. The Morgan fingerprint density at radius 2 is 1.67 bits per heavy atom. The first-order valence-electron chi connectivity index (χ1n) is 7.95. The molecule has 0 heteroatoms. The van der Waals surface area contributed by atoms with Gasteiger partial charge in [0.2, 0.25) is 0 Å². The SMILES string of the molecule is C=Cc1ccc(C)cc1.CCC(C)(C)C1=CC=C(C)CC1. The molecule has 21 heavy (non-hydrogen) atoms. The Morgan fingerprint density at radius 1 is 1.05 bits per heavy atom. The van der Waals surface area contributed by atoms with E-state index in [-0.39, 0.29) is 0 Å². The summed E-state index contributed by atoms with van der Waals surface area (Å²) in [5, 5.41) is 0. The highest BCUT2D eigenvalue weighted by molar-refractivity contribution is 5.46. The third-order valence-corrected chi connectivity index (χ3v) is 4.42. The van der Waals surface area contributed by atoms with E-state index in [1.54, 1.807) is 5.57 Å². The van der Waals surface area contributed by atoms with Crippen molar-refractivity contribution in [1.29, 1.82) is 0 Å². The van der Waals surface area contributed by atoms with Crippen LogP contribution in [0.15, 0.2) is 54.1 Å². The van der Waals surface area contributed by atoms with Crippen LogP contribution in [0.3, 0.4) is 0 Å². The molecule has 0 nitrogen and oxygen atoms in total.